The van der Waals surface area contributed by atoms with Gasteiger partial charge in [0.2, 0.25) is 0 Å². The normalized spacial score (nSPS) is 20.6. The fraction of sp³-hybridized carbons (Fsp3) is 0.464. The molecular weight excluding hydrogens is 477 g/mol. The van der Waals surface area contributed by atoms with E-state index in [0.29, 0.717) is 34.6 Å². The lowest BCUT2D eigenvalue weighted by Crippen LogP contribution is -2.32. The van der Waals surface area contributed by atoms with Crippen LogP contribution in [0.2, 0.25) is 0 Å². The lowest BCUT2D eigenvalue weighted by atomic mass is 9.85. The van der Waals surface area contributed by atoms with E-state index in [1.165, 1.54) is 6.07 Å². The van der Waals surface area contributed by atoms with Crippen molar-refractivity contribution in [2.45, 2.75) is 71.8 Å². The minimum Gasteiger partial charge on any atom is -0.458 e. The van der Waals surface area contributed by atoms with Crippen molar-refractivity contribution in [3.05, 3.63) is 61.7 Å². The molecule has 3 N–H and O–H groups in total. The molecule has 7 rings (SSSR count). The molecule has 2 aromatic heterocycles. The molecule has 1 aromatic carbocycles. The molecule has 1 fully saturated rings. The van der Waals surface area contributed by atoms with Crippen LogP contribution in [-0.2, 0) is 35.5 Å². The van der Waals surface area contributed by atoms with Crippen LogP contribution in [0.5, 0.6) is 0 Å². The number of esters is 1. The highest BCUT2D eigenvalue weighted by atomic mass is 19.1. The lowest BCUT2D eigenvalue weighted by Gasteiger charge is -2.22. The smallest absolute Gasteiger partial charge is 0.340 e. The number of nitrogens with zero attached hydrogens (tertiary/aromatic N) is 2. The van der Waals surface area contributed by atoms with Crippen molar-refractivity contribution in [3.8, 4) is 11.4 Å². The molecule has 9 heteroatoms. The average molecular weight is 510 g/mol. The second-order valence-electron chi connectivity index (χ2n) is 9.64. The number of carbonyl (C=O) groups excluding carboxylic acids is 1. The van der Waals surface area contributed by atoms with Crippen molar-refractivity contribution in [1.29, 1.82) is 0 Å². The second-order valence-corrected chi connectivity index (χ2v) is 9.64. The number of hydrogen-bond acceptors (Lipinski definition) is 7. The van der Waals surface area contributed by atoms with Gasteiger partial charge < -0.3 is 24.8 Å². The van der Waals surface area contributed by atoms with Crippen molar-refractivity contribution >= 4 is 16.9 Å². The molecule has 3 aromatic rings. The number of aliphatic hydroxyl groups excluding tert-OH is 2. The first-order chi connectivity index (χ1) is 17.8. The summed E-state index contributed by atoms with van der Waals surface area (Å²) in [4.78, 5) is 29.6. The Hall–Kier alpha value is -3.14. The number of rotatable bonds is 0. The van der Waals surface area contributed by atoms with Crippen molar-refractivity contribution < 1.29 is 24.1 Å². The van der Waals surface area contributed by atoms with Crippen LogP contribution < -0.4 is 10.9 Å². The Balaban J connectivity index is 0.000000306. The van der Waals surface area contributed by atoms with Crippen LogP contribution in [0.3, 0.4) is 0 Å². The highest BCUT2D eigenvalue weighted by Crippen LogP contribution is 2.41. The number of fused-ring (bicyclic) bond motifs is 5. The Morgan fingerprint density at radius 2 is 1.86 bits per heavy atom. The molecule has 0 spiro atoms. The van der Waals surface area contributed by atoms with Crippen LogP contribution in [0.15, 0.2) is 16.9 Å². The van der Waals surface area contributed by atoms with E-state index in [2.05, 4.69) is 5.32 Å². The molecule has 1 saturated heterocycles. The number of aryl methyl sites for hydroxylation is 2. The summed E-state index contributed by atoms with van der Waals surface area (Å²) in [5, 5.41) is 22.9. The summed E-state index contributed by atoms with van der Waals surface area (Å²) in [5.74, 6) is -1.03. The minimum atomic E-state index is -1.48. The molecule has 0 saturated carbocycles. The number of aliphatic hydroxyl groups is 2. The van der Waals surface area contributed by atoms with E-state index in [-0.39, 0.29) is 29.7 Å². The van der Waals surface area contributed by atoms with E-state index in [0.717, 1.165) is 60.8 Å². The van der Waals surface area contributed by atoms with E-state index in [9.17, 15) is 19.1 Å². The largest absolute Gasteiger partial charge is 0.458 e. The zero-order chi connectivity index (χ0) is 26.4. The first kappa shape index (κ1) is 25.5. The summed E-state index contributed by atoms with van der Waals surface area (Å²) < 4.78 is 21.1. The van der Waals surface area contributed by atoms with Gasteiger partial charge in [0.05, 0.1) is 35.1 Å². The number of cyclic esters (lactones) is 1. The van der Waals surface area contributed by atoms with Gasteiger partial charge in [-0.2, -0.15) is 0 Å². The number of nitrogens with one attached hydrogen (secondary N) is 1. The predicted molar refractivity (Wildman–Crippen MR) is 137 cm³/mol. The van der Waals surface area contributed by atoms with Crippen molar-refractivity contribution in [2.24, 2.45) is 0 Å². The standard InChI is InChI=1S/C22H17FN2O4.C4H9NO.C2H6/c1-9-10-3-2-4-11-13-7-25-17(19(13)24-16(18(10)11)6-15(9)23)5-12-14(21(25)27)8-29-22(28)20(12)26;6-4-1-2-5-3-4;1-2/h5-6,20,26H,2-4,7-8H2,1H3;4-6H,1-3H2;1-2H3. The van der Waals surface area contributed by atoms with Gasteiger partial charge in [0.15, 0.2) is 6.10 Å². The van der Waals surface area contributed by atoms with Gasteiger partial charge in [0.25, 0.3) is 5.56 Å². The highest BCUT2D eigenvalue weighted by molar-refractivity contribution is 5.92. The fourth-order valence-electron chi connectivity index (χ4n) is 5.70. The van der Waals surface area contributed by atoms with E-state index in [1.54, 1.807) is 17.6 Å². The van der Waals surface area contributed by atoms with Crippen LogP contribution in [0.4, 0.5) is 4.39 Å². The number of pyridine rings is 2. The van der Waals surface area contributed by atoms with Gasteiger partial charge in [-0.3, -0.25) is 4.79 Å². The predicted octanol–water partition coefficient (Wildman–Crippen LogP) is 2.82. The molecule has 0 bridgehead atoms. The molecule has 3 aliphatic heterocycles. The molecule has 37 heavy (non-hydrogen) atoms. The Morgan fingerprint density at radius 1 is 1.11 bits per heavy atom. The van der Waals surface area contributed by atoms with Gasteiger partial charge in [-0.25, -0.2) is 14.2 Å². The summed E-state index contributed by atoms with van der Waals surface area (Å²) in [6.07, 6.45) is 1.98. The van der Waals surface area contributed by atoms with Crippen LogP contribution >= 0.6 is 0 Å². The summed E-state index contributed by atoms with van der Waals surface area (Å²) in [5.41, 5.74) is 5.86. The maximum Gasteiger partial charge on any atom is 0.340 e. The molecular formula is C28H32FN3O5. The molecule has 2 atom stereocenters. The molecule has 5 heterocycles. The van der Waals surface area contributed by atoms with Gasteiger partial charge in [0.1, 0.15) is 12.4 Å². The topological polar surface area (TPSA) is 114 Å². The van der Waals surface area contributed by atoms with E-state index < -0.39 is 12.1 Å². The summed E-state index contributed by atoms with van der Waals surface area (Å²) in [6, 6.07) is 3.13. The fourth-order valence-corrected chi connectivity index (χ4v) is 5.70. The number of carbonyl (C=O) groups is 1. The number of ether oxygens (including phenoxy) is 1. The third kappa shape index (κ3) is 4.15. The van der Waals surface area contributed by atoms with E-state index >= 15 is 0 Å². The van der Waals surface area contributed by atoms with Crippen molar-refractivity contribution in [2.75, 3.05) is 13.1 Å². The van der Waals surface area contributed by atoms with Crippen molar-refractivity contribution in [3.63, 3.8) is 0 Å². The van der Waals surface area contributed by atoms with Crippen LogP contribution in [0.1, 0.15) is 66.2 Å². The van der Waals surface area contributed by atoms with Gasteiger partial charge >= 0.3 is 5.97 Å². The Bertz CT molecular complexity index is 1460. The summed E-state index contributed by atoms with van der Waals surface area (Å²) in [6.45, 7) is 7.83. The molecule has 196 valence electrons. The van der Waals surface area contributed by atoms with Crippen LogP contribution in [-0.4, -0.2) is 44.9 Å². The average Bonchev–Trinajstić information content (AvgIpc) is 3.54. The highest BCUT2D eigenvalue weighted by Gasteiger charge is 2.35. The zero-order valence-corrected chi connectivity index (χ0v) is 21.4. The molecule has 0 radical (unpaired) electrons. The van der Waals surface area contributed by atoms with E-state index in [1.807, 2.05) is 13.8 Å². The second kappa shape index (κ2) is 9.96. The molecule has 1 aliphatic carbocycles. The third-order valence-electron chi connectivity index (χ3n) is 7.57. The molecule has 2 unspecified atom stereocenters. The monoisotopic (exact) mass is 509 g/mol. The SMILES string of the molecule is CC.Cc1c(F)cc2nc3c(c4c2c1CCC4)Cn1c-3cc2c(c1=O)COC(=O)C2O.OC1CCNC1. The van der Waals surface area contributed by atoms with Crippen LogP contribution in [0.25, 0.3) is 22.3 Å². The maximum absolute atomic E-state index is 14.5. The number of β-amino-alcohol motifs (C(OH)–C–C–N with tert-alkyl or cyclic N) is 1. The Morgan fingerprint density at radius 3 is 2.54 bits per heavy atom. The first-order valence-corrected chi connectivity index (χ1v) is 13.0. The van der Waals surface area contributed by atoms with E-state index in [4.69, 9.17) is 14.8 Å². The molecule has 0 amide bonds. The quantitative estimate of drug-likeness (QED) is 0.313. The molecule has 8 nitrogen and oxygen atoms in total. The minimum absolute atomic E-state index is 0.0648. The number of aromatic nitrogens is 2. The molecule has 4 aliphatic rings. The Kier molecular flexibility index (Phi) is 6.87. The van der Waals surface area contributed by atoms with Gasteiger partial charge in [-0.1, -0.05) is 13.8 Å². The van der Waals surface area contributed by atoms with Crippen molar-refractivity contribution in [1.82, 2.24) is 14.9 Å². The van der Waals surface area contributed by atoms with Gasteiger partial charge in [0, 0.05) is 29.1 Å². The summed E-state index contributed by atoms with van der Waals surface area (Å²) in [7, 11) is 0. The number of hydrogen-bond donors (Lipinski definition) is 3. The summed E-state index contributed by atoms with van der Waals surface area (Å²) >= 11 is 0. The first-order valence-electron chi connectivity index (χ1n) is 13.0. The zero-order valence-electron chi connectivity index (χ0n) is 21.4. The van der Waals surface area contributed by atoms with Gasteiger partial charge in [-0.05, 0) is 61.9 Å². The third-order valence-corrected chi connectivity index (χ3v) is 7.57. The van der Waals surface area contributed by atoms with Crippen LogP contribution in [0, 0.1) is 12.7 Å². The maximum atomic E-state index is 14.5. The Labute approximate surface area is 214 Å². The lowest BCUT2D eigenvalue weighted by molar-refractivity contribution is -0.157. The number of benzene rings is 1. The number of halogens is 1. The van der Waals surface area contributed by atoms with Gasteiger partial charge in [-0.15, -0.1) is 0 Å².